The average molecular weight is 358 g/mol. The van der Waals surface area contributed by atoms with Crippen molar-refractivity contribution in [1.82, 2.24) is 5.32 Å². The lowest BCUT2D eigenvalue weighted by Gasteiger charge is -2.06. The summed E-state index contributed by atoms with van der Waals surface area (Å²) >= 11 is 7.44. The number of nitrogens with one attached hydrogen (secondary N) is 2. The molecule has 0 aromatic heterocycles. The zero-order chi connectivity index (χ0) is 17.4. The van der Waals surface area contributed by atoms with E-state index in [1.807, 2.05) is 48.7 Å². The summed E-state index contributed by atoms with van der Waals surface area (Å²) in [5.74, 6) is -0.430. The van der Waals surface area contributed by atoms with Gasteiger partial charge in [-0.05, 0) is 42.2 Å². The third-order valence-electron chi connectivity index (χ3n) is 3.18. The van der Waals surface area contributed by atoms with Gasteiger partial charge in [0.25, 0.3) is 5.91 Å². The average Bonchev–Trinajstić information content (AvgIpc) is 2.62. The van der Waals surface area contributed by atoms with Crippen molar-refractivity contribution in [3.63, 3.8) is 0 Å². The number of rotatable bonds is 6. The van der Waals surface area contributed by atoms with Crippen molar-refractivity contribution in [1.29, 1.82) is 5.26 Å². The minimum Gasteiger partial charge on any atom is -0.360 e. The maximum atomic E-state index is 12.1. The van der Waals surface area contributed by atoms with E-state index in [-0.39, 0.29) is 5.57 Å². The van der Waals surface area contributed by atoms with Crippen molar-refractivity contribution in [3.05, 3.63) is 70.9 Å². The second-order valence-electron chi connectivity index (χ2n) is 4.86. The molecule has 0 spiro atoms. The van der Waals surface area contributed by atoms with Gasteiger partial charge in [0.2, 0.25) is 0 Å². The molecule has 2 aromatic rings. The molecule has 0 bridgehead atoms. The van der Waals surface area contributed by atoms with Crippen molar-refractivity contribution >= 4 is 35.0 Å². The molecule has 2 N–H and O–H groups in total. The Labute approximate surface area is 150 Å². The van der Waals surface area contributed by atoms with Gasteiger partial charge >= 0.3 is 0 Å². The summed E-state index contributed by atoms with van der Waals surface area (Å²) < 4.78 is 0. The number of carbonyl (C=O) groups excluding carboxylic acids is 1. The fourth-order valence-corrected chi connectivity index (χ4v) is 2.48. The molecular weight excluding hydrogens is 342 g/mol. The molecule has 0 saturated heterocycles. The summed E-state index contributed by atoms with van der Waals surface area (Å²) in [6.45, 7) is 0.330. The molecule has 4 nitrogen and oxygen atoms in total. The van der Waals surface area contributed by atoms with Gasteiger partial charge in [-0.2, -0.15) is 5.26 Å². The molecule has 0 aliphatic heterocycles. The minimum atomic E-state index is -0.430. The topological polar surface area (TPSA) is 64.9 Å². The predicted octanol–water partition coefficient (Wildman–Crippen LogP) is 4.20. The Hall–Kier alpha value is -2.42. The van der Waals surface area contributed by atoms with Gasteiger partial charge in [0.1, 0.15) is 11.6 Å². The summed E-state index contributed by atoms with van der Waals surface area (Å²) in [5, 5.41) is 15.5. The van der Waals surface area contributed by atoms with Gasteiger partial charge in [0.05, 0.1) is 0 Å². The summed E-state index contributed by atoms with van der Waals surface area (Å²) in [6, 6.07) is 16.8. The van der Waals surface area contributed by atoms with Crippen molar-refractivity contribution in [2.45, 2.75) is 11.4 Å². The molecule has 0 heterocycles. The molecule has 0 aliphatic carbocycles. The van der Waals surface area contributed by atoms with E-state index in [1.54, 1.807) is 23.9 Å². The number of halogens is 1. The highest BCUT2D eigenvalue weighted by Gasteiger charge is 2.08. The van der Waals surface area contributed by atoms with Crippen LogP contribution in [-0.4, -0.2) is 12.2 Å². The van der Waals surface area contributed by atoms with Gasteiger partial charge in [0.15, 0.2) is 0 Å². The Morgan fingerprint density at radius 1 is 1.29 bits per heavy atom. The Balaban J connectivity index is 1.97. The maximum Gasteiger partial charge on any atom is 0.263 e. The highest BCUT2D eigenvalue weighted by molar-refractivity contribution is 7.98. The summed E-state index contributed by atoms with van der Waals surface area (Å²) in [5.41, 5.74) is 1.74. The largest absolute Gasteiger partial charge is 0.360 e. The Morgan fingerprint density at radius 3 is 2.71 bits per heavy atom. The van der Waals surface area contributed by atoms with E-state index in [1.165, 1.54) is 6.20 Å². The van der Waals surface area contributed by atoms with Crippen LogP contribution in [0.5, 0.6) is 0 Å². The van der Waals surface area contributed by atoms with Crippen molar-refractivity contribution in [3.8, 4) is 6.07 Å². The molecule has 0 saturated carbocycles. The number of hydrogen-bond acceptors (Lipinski definition) is 4. The molecule has 0 unspecified atom stereocenters. The lowest BCUT2D eigenvalue weighted by atomic mass is 10.2. The highest BCUT2D eigenvalue weighted by Crippen LogP contribution is 2.19. The lowest BCUT2D eigenvalue weighted by molar-refractivity contribution is -0.117. The van der Waals surface area contributed by atoms with Crippen LogP contribution in [0.1, 0.15) is 5.56 Å². The quantitative estimate of drug-likeness (QED) is 0.462. The number of carbonyl (C=O) groups is 1. The van der Waals surface area contributed by atoms with E-state index in [2.05, 4.69) is 10.6 Å². The second kappa shape index (κ2) is 9.02. The zero-order valence-corrected chi connectivity index (χ0v) is 14.6. The van der Waals surface area contributed by atoms with E-state index in [4.69, 9.17) is 16.9 Å². The van der Waals surface area contributed by atoms with Crippen LogP contribution in [0.3, 0.4) is 0 Å². The van der Waals surface area contributed by atoms with Gasteiger partial charge in [-0.1, -0.05) is 29.8 Å². The Kier molecular flexibility index (Phi) is 6.74. The van der Waals surface area contributed by atoms with E-state index in [9.17, 15) is 4.79 Å². The standard InChI is InChI=1S/C18H16ClN3OS/c1-24-17-4-2-3-16(9-17)21-12-14(10-20)18(23)22-11-13-5-7-15(19)8-6-13/h2-9,12,21H,11H2,1H3,(H,22,23)/b14-12-. The SMILES string of the molecule is CSc1cccc(N/C=C(/C#N)C(=O)NCc2ccc(Cl)cc2)c1. The van der Waals surface area contributed by atoms with Crippen LogP contribution in [0.2, 0.25) is 5.02 Å². The third-order valence-corrected chi connectivity index (χ3v) is 4.16. The van der Waals surface area contributed by atoms with Gasteiger partial charge in [-0.25, -0.2) is 0 Å². The molecule has 122 valence electrons. The second-order valence-corrected chi connectivity index (χ2v) is 6.17. The number of benzene rings is 2. The van der Waals surface area contributed by atoms with Crippen LogP contribution in [0.4, 0.5) is 5.69 Å². The number of amides is 1. The molecule has 2 aromatic carbocycles. The first-order valence-electron chi connectivity index (χ1n) is 7.16. The molecule has 1 amide bonds. The molecule has 0 atom stereocenters. The molecule has 2 rings (SSSR count). The first-order valence-corrected chi connectivity index (χ1v) is 8.76. The number of nitrogens with zero attached hydrogens (tertiary/aromatic N) is 1. The first kappa shape index (κ1) is 17.9. The fraction of sp³-hybridized carbons (Fsp3) is 0.111. The normalized spacial score (nSPS) is 10.8. The van der Waals surface area contributed by atoms with Gasteiger partial charge in [-0.15, -0.1) is 11.8 Å². The zero-order valence-electron chi connectivity index (χ0n) is 13.0. The van der Waals surface area contributed by atoms with E-state index >= 15 is 0 Å². The molecular formula is C18H16ClN3OS. The van der Waals surface area contributed by atoms with E-state index in [0.717, 1.165) is 16.1 Å². The first-order chi connectivity index (χ1) is 11.6. The number of nitriles is 1. The van der Waals surface area contributed by atoms with Crippen LogP contribution in [0, 0.1) is 11.3 Å². The summed E-state index contributed by atoms with van der Waals surface area (Å²) in [6.07, 6.45) is 3.40. The van der Waals surface area contributed by atoms with E-state index < -0.39 is 5.91 Å². The van der Waals surface area contributed by atoms with Crippen LogP contribution < -0.4 is 10.6 Å². The van der Waals surface area contributed by atoms with Crippen LogP contribution >= 0.6 is 23.4 Å². The van der Waals surface area contributed by atoms with Crippen LogP contribution in [0.15, 0.2) is 65.2 Å². The molecule has 0 radical (unpaired) electrons. The predicted molar refractivity (Wildman–Crippen MR) is 98.8 cm³/mol. The minimum absolute atomic E-state index is 0.0125. The maximum absolute atomic E-state index is 12.1. The van der Waals surface area contributed by atoms with Crippen molar-refractivity contribution < 1.29 is 4.79 Å². The number of anilines is 1. The van der Waals surface area contributed by atoms with Crippen LogP contribution in [-0.2, 0) is 11.3 Å². The molecule has 24 heavy (non-hydrogen) atoms. The smallest absolute Gasteiger partial charge is 0.263 e. The van der Waals surface area contributed by atoms with Crippen molar-refractivity contribution in [2.75, 3.05) is 11.6 Å². The van der Waals surface area contributed by atoms with Crippen LogP contribution in [0.25, 0.3) is 0 Å². The highest BCUT2D eigenvalue weighted by atomic mass is 35.5. The van der Waals surface area contributed by atoms with Crippen molar-refractivity contribution in [2.24, 2.45) is 0 Å². The monoisotopic (exact) mass is 357 g/mol. The van der Waals surface area contributed by atoms with E-state index in [0.29, 0.717) is 11.6 Å². The summed E-state index contributed by atoms with van der Waals surface area (Å²) in [4.78, 5) is 13.2. The molecule has 6 heteroatoms. The Bertz CT molecular complexity index is 782. The Morgan fingerprint density at radius 2 is 2.04 bits per heavy atom. The lowest BCUT2D eigenvalue weighted by Crippen LogP contribution is -2.24. The van der Waals surface area contributed by atoms with Gasteiger partial charge < -0.3 is 10.6 Å². The number of hydrogen-bond donors (Lipinski definition) is 2. The van der Waals surface area contributed by atoms with Gasteiger partial charge in [0, 0.05) is 28.4 Å². The fourth-order valence-electron chi connectivity index (χ4n) is 1.90. The number of thioether (sulfide) groups is 1. The summed E-state index contributed by atoms with van der Waals surface area (Å²) in [7, 11) is 0. The third kappa shape index (κ3) is 5.34. The van der Waals surface area contributed by atoms with Gasteiger partial charge in [-0.3, -0.25) is 4.79 Å². The molecule has 0 fully saturated rings. The molecule has 0 aliphatic rings.